The van der Waals surface area contributed by atoms with Gasteiger partial charge >= 0.3 is 0 Å². The van der Waals surface area contributed by atoms with Gasteiger partial charge in [-0.05, 0) is 6.92 Å². The van der Waals surface area contributed by atoms with Crippen molar-refractivity contribution < 1.29 is 14.3 Å². The lowest BCUT2D eigenvalue weighted by molar-refractivity contribution is 0.0533. The number of carbonyl (C=O) groups excluding carboxylic acids is 2. The number of nitrogen functional groups attached to an aromatic ring is 1. The molecule has 0 aromatic carbocycles. The van der Waals surface area contributed by atoms with Crippen molar-refractivity contribution in [3.8, 4) is 0 Å². The Balaban J connectivity index is 2.47. The highest BCUT2D eigenvalue weighted by Gasteiger charge is 2.29. The van der Waals surface area contributed by atoms with Crippen LogP contribution in [0.25, 0.3) is 0 Å². The number of hydrogen-bond acceptors (Lipinski definition) is 6. The van der Waals surface area contributed by atoms with E-state index in [9.17, 15) is 9.59 Å². The van der Waals surface area contributed by atoms with E-state index in [0.29, 0.717) is 30.3 Å². The summed E-state index contributed by atoms with van der Waals surface area (Å²) in [4.78, 5) is 25.7. The van der Waals surface area contributed by atoms with Gasteiger partial charge in [-0.2, -0.15) is 0 Å². The lowest BCUT2D eigenvalue weighted by atomic mass is 10.2. The van der Waals surface area contributed by atoms with E-state index in [1.54, 1.807) is 0 Å². The smallest absolute Gasteiger partial charge is 0.260 e. The molecule has 1 fully saturated rings. The highest BCUT2D eigenvalue weighted by molar-refractivity contribution is 7.19. The molecule has 0 bridgehead atoms. The quantitative estimate of drug-likeness (QED) is 0.728. The first-order valence-electron chi connectivity index (χ1n) is 6.26. The SMILES string of the molecule is CNC(=O)c1c(N2CCOC(C)C2)sc(C(N)=O)c1N. The van der Waals surface area contributed by atoms with E-state index in [0.717, 1.165) is 11.3 Å². The van der Waals surface area contributed by atoms with E-state index in [-0.39, 0.29) is 22.6 Å². The third-order valence-electron chi connectivity index (χ3n) is 3.13. The molecule has 5 N–H and O–H groups in total. The van der Waals surface area contributed by atoms with E-state index < -0.39 is 5.91 Å². The molecule has 1 saturated heterocycles. The van der Waals surface area contributed by atoms with Gasteiger partial charge in [0.2, 0.25) is 0 Å². The molecule has 7 nitrogen and oxygen atoms in total. The molecule has 2 heterocycles. The Morgan fingerprint density at radius 1 is 1.50 bits per heavy atom. The van der Waals surface area contributed by atoms with Crippen molar-refractivity contribution in [3.05, 3.63) is 10.4 Å². The molecule has 1 unspecified atom stereocenters. The fourth-order valence-electron chi connectivity index (χ4n) is 2.18. The fraction of sp³-hybridized carbons (Fsp3) is 0.500. The van der Waals surface area contributed by atoms with Crippen molar-refractivity contribution in [2.75, 3.05) is 37.4 Å². The number of amides is 2. The predicted molar refractivity (Wildman–Crippen MR) is 78.3 cm³/mol. The summed E-state index contributed by atoms with van der Waals surface area (Å²) in [6, 6.07) is 0. The van der Waals surface area contributed by atoms with Crippen LogP contribution in [-0.4, -0.2) is 44.7 Å². The van der Waals surface area contributed by atoms with Crippen molar-refractivity contribution in [1.29, 1.82) is 0 Å². The molecule has 2 amide bonds. The maximum atomic E-state index is 12.0. The average molecular weight is 298 g/mol. The van der Waals surface area contributed by atoms with Crippen molar-refractivity contribution >= 4 is 33.8 Å². The van der Waals surface area contributed by atoms with Crippen molar-refractivity contribution in [2.24, 2.45) is 5.73 Å². The van der Waals surface area contributed by atoms with Gasteiger partial charge in [-0.15, -0.1) is 11.3 Å². The Kier molecular flexibility index (Phi) is 4.15. The van der Waals surface area contributed by atoms with Crippen LogP contribution in [-0.2, 0) is 4.74 Å². The Morgan fingerprint density at radius 3 is 2.75 bits per heavy atom. The van der Waals surface area contributed by atoms with Crippen molar-refractivity contribution in [2.45, 2.75) is 13.0 Å². The number of carbonyl (C=O) groups is 2. The number of nitrogens with two attached hydrogens (primary N) is 2. The molecule has 1 aromatic heterocycles. The van der Waals surface area contributed by atoms with Crippen LogP contribution in [0, 0.1) is 0 Å². The molecule has 8 heteroatoms. The third kappa shape index (κ3) is 2.56. The van der Waals surface area contributed by atoms with Gasteiger partial charge in [0.1, 0.15) is 9.88 Å². The molecule has 110 valence electrons. The first-order chi connectivity index (χ1) is 9.45. The maximum Gasteiger partial charge on any atom is 0.260 e. The van der Waals surface area contributed by atoms with Crippen molar-refractivity contribution in [1.82, 2.24) is 5.32 Å². The molecule has 0 aliphatic carbocycles. The summed E-state index contributed by atoms with van der Waals surface area (Å²) < 4.78 is 5.48. The van der Waals surface area contributed by atoms with Crippen LogP contribution in [0.2, 0.25) is 0 Å². The van der Waals surface area contributed by atoms with Crippen LogP contribution in [0.15, 0.2) is 0 Å². The molecule has 1 aliphatic heterocycles. The zero-order valence-electron chi connectivity index (χ0n) is 11.4. The summed E-state index contributed by atoms with van der Waals surface area (Å²) in [6.45, 7) is 3.81. The highest BCUT2D eigenvalue weighted by atomic mass is 32.1. The zero-order valence-corrected chi connectivity index (χ0v) is 12.3. The first-order valence-corrected chi connectivity index (χ1v) is 7.08. The molecular weight excluding hydrogens is 280 g/mol. The van der Waals surface area contributed by atoms with E-state index in [1.165, 1.54) is 7.05 Å². The highest BCUT2D eigenvalue weighted by Crippen LogP contribution is 2.38. The second-order valence-electron chi connectivity index (χ2n) is 4.60. The number of primary amides is 1. The van der Waals surface area contributed by atoms with Gasteiger partial charge in [0.25, 0.3) is 11.8 Å². The Labute approximate surface area is 120 Å². The molecule has 1 atom stereocenters. The molecule has 0 spiro atoms. The van der Waals surface area contributed by atoms with E-state index >= 15 is 0 Å². The van der Waals surface area contributed by atoms with Crippen LogP contribution in [0.3, 0.4) is 0 Å². The van der Waals surface area contributed by atoms with Gasteiger partial charge in [-0.25, -0.2) is 0 Å². The van der Waals surface area contributed by atoms with Gasteiger partial charge < -0.3 is 26.4 Å². The van der Waals surface area contributed by atoms with Crippen LogP contribution < -0.4 is 21.7 Å². The number of nitrogens with one attached hydrogen (secondary N) is 1. The topological polar surface area (TPSA) is 111 Å². The summed E-state index contributed by atoms with van der Waals surface area (Å²) in [6.07, 6.45) is 0.0571. The minimum absolute atomic E-state index is 0.0571. The summed E-state index contributed by atoms with van der Waals surface area (Å²) in [5.41, 5.74) is 11.7. The van der Waals surface area contributed by atoms with E-state index in [2.05, 4.69) is 5.32 Å². The fourth-order valence-corrected chi connectivity index (χ4v) is 3.29. The normalized spacial score (nSPS) is 18.9. The number of nitrogens with zero attached hydrogens (tertiary/aromatic N) is 1. The monoisotopic (exact) mass is 298 g/mol. The second-order valence-corrected chi connectivity index (χ2v) is 5.59. The number of hydrogen-bond donors (Lipinski definition) is 3. The first kappa shape index (κ1) is 14.6. The van der Waals surface area contributed by atoms with E-state index in [4.69, 9.17) is 16.2 Å². The number of thiophene rings is 1. The lowest BCUT2D eigenvalue weighted by Gasteiger charge is -2.32. The summed E-state index contributed by atoms with van der Waals surface area (Å²) >= 11 is 1.16. The second kappa shape index (κ2) is 5.68. The minimum atomic E-state index is -0.620. The standard InChI is InChI=1S/C12H18N4O3S/c1-6-5-16(3-4-19-6)12-7(11(18)15-2)8(13)9(20-12)10(14)17/h6H,3-5,13H2,1-2H3,(H2,14,17)(H,15,18). The lowest BCUT2D eigenvalue weighted by Crippen LogP contribution is -2.41. The van der Waals surface area contributed by atoms with Crippen LogP contribution in [0.1, 0.15) is 27.0 Å². The summed E-state index contributed by atoms with van der Waals surface area (Å²) in [5, 5.41) is 3.21. The van der Waals surface area contributed by atoms with Gasteiger partial charge in [0.05, 0.1) is 24.0 Å². The molecule has 0 radical (unpaired) electrons. The third-order valence-corrected chi connectivity index (χ3v) is 4.41. The predicted octanol–water partition coefficient (Wildman–Crippen LogP) is 0.0139. The molecule has 0 saturated carbocycles. The molecular formula is C12H18N4O3S. The molecule has 20 heavy (non-hydrogen) atoms. The van der Waals surface area contributed by atoms with E-state index in [1.807, 2.05) is 11.8 Å². The van der Waals surface area contributed by atoms with Gasteiger partial charge in [0.15, 0.2) is 0 Å². The maximum absolute atomic E-state index is 12.0. The van der Waals surface area contributed by atoms with Gasteiger partial charge in [0, 0.05) is 20.1 Å². The number of ether oxygens (including phenoxy) is 1. The molecule has 2 rings (SSSR count). The zero-order chi connectivity index (χ0) is 14.9. The average Bonchev–Trinajstić information content (AvgIpc) is 2.75. The minimum Gasteiger partial charge on any atom is -0.397 e. The Morgan fingerprint density at radius 2 is 2.20 bits per heavy atom. The number of anilines is 2. The van der Waals surface area contributed by atoms with Crippen LogP contribution >= 0.6 is 11.3 Å². The number of morpholine rings is 1. The Bertz CT molecular complexity index is 543. The number of rotatable bonds is 3. The van der Waals surface area contributed by atoms with Crippen molar-refractivity contribution in [3.63, 3.8) is 0 Å². The Hall–Kier alpha value is -1.80. The van der Waals surface area contributed by atoms with Gasteiger partial charge in [-0.3, -0.25) is 9.59 Å². The van der Waals surface area contributed by atoms with Crippen LogP contribution in [0.4, 0.5) is 10.7 Å². The van der Waals surface area contributed by atoms with Gasteiger partial charge in [-0.1, -0.05) is 0 Å². The summed E-state index contributed by atoms with van der Waals surface area (Å²) in [7, 11) is 1.52. The summed E-state index contributed by atoms with van der Waals surface area (Å²) in [5.74, 6) is -0.939. The molecule has 1 aromatic rings. The largest absolute Gasteiger partial charge is 0.397 e. The molecule has 1 aliphatic rings. The van der Waals surface area contributed by atoms with Crippen LogP contribution in [0.5, 0.6) is 0 Å².